The maximum atomic E-state index is 13.0. The largest absolute Gasteiger partial charge is 0.416 e. The van der Waals surface area contributed by atoms with E-state index in [1.165, 1.54) is 6.07 Å². The van der Waals surface area contributed by atoms with E-state index in [9.17, 15) is 26.4 Å². The third-order valence-electron chi connectivity index (χ3n) is 4.34. The molecule has 0 aliphatic rings. The van der Waals surface area contributed by atoms with Gasteiger partial charge in [0.1, 0.15) is 6.54 Å². The lowest BCUT2D eigenvalue weighted by molar-refractivity contribution is -0.137. The van der Waals surface area contributed by atoms with Crippen LogP contribution in [0.15, 0.2) is 42.5 Å². The summed E-state index contributed by atoms with van der Waals surface area (Å²) in [5.41, 5.74) is 1.03. The SMILES string of the molecule is Cc1cccc(C(C)C)c1NC(=O)CN(c1cccc(C(F)(F)F)c1)S(C)(=O)=O. The Bertz CT molecular complexity index is 1000. The molecule has 0 bridgehead atoms. The van der Waals surface area contributed by atoms with Gasteiger partial charge in [-0.1, -0.05) is 38.1 Å². The molecule has 0 radical (unpaired) electrons. The van der Waals surface area contributed by atoms with Gasteiger partial charge >= 0.3 is 6.18 Å². The molecule has 2 aromatic rings. The van der Waals surface area contributed by atoms with E-state index in [4.69, 9.17) is 0 Å². The van der Waals surface area contributed by atoms with Crippen LogP contribution in [0, 0.1) is 6.92 Å². The number of nitrogens with one attached hydrogen (secondary N) is 1. The molecule has 0 saturated carbocycles. The zero-order valence-corrected chi connectivity index (χ0v) is 17.4. The highest BCUT2D eigenvalue weighted by Gasteiger charge is 2.32. The molecule has 0 heterocycles. The van der Waals surface area contributed by atoms with Gasteiger partial charge < -0.3 is 5.32 Å². The molecule has 0 atom stereocenters. The molecule has 1 amide bonds. The van der Waals surface area contributed by atoms with Crippen LogP contribution in [-0.2, 0) is 21.0 Å². The van der Waals surface area contributed by atoms with Crippen molar-refractivity contribution >= 4 is 27.3 Å². The fourth-order valence-corrected chi connectivity index (χ4v) is 3.74. The first kappa shape index (κ1) is 22.7. The maximum absolute atomic E-state index is 13.0. The standard InChI is InChI=1S/C20H23F3N2O3S/c1-13(2)17-10-5-7-14(3)19(17)24-18(26)12-25(29(4,27)28)16-9-6-8-15(11-16)20(21,22)23/h5-11,13H,12H2,1-4H3,(H,24,26). The first-order valence-corrected chi connectivity index (χ1v) is 10.7. The second-order valence-electron chi connectivity index (χ2n) is 7.06. The highest BCUT2D eigenvalue weighted by molar-refractivity contribution is 7.92. The molecule has 2 rings (SSSR count). The lowest BCUT2D eigenvalue weighted by Gasteiger charge is -2.24. The monoisotopic (exact) mass is 428 g/mol. The van der Waals surface area contributed by atoms with E-state index < -0.39 is 34.2 Å². The van der Waals surface area contributed by atoms with Gasteiger partial charge in [-0.2, -0.15) is 13.2 Å². The predicted molar refractivity (Wildman–Crippen MR) is 108 cm³/mol. The predicted octanol–water partition coefficient (Wildman–Crippen LogP) is 4.54. The first-order chi connectivity index (χ1) is 13.3. The van der Waals surface area contributed by atoms with Crippen LogP contribution >= 0.6 is 0 Å². The number of sulfonamides is 1. The van der Waals surface area contributed by atoms with Crippen LogP contribution < -0.4 is 9.62 Å². The van der Waals surface area contributed by atoms with Crippen LogP contribution in [0.1, 0.15) is 36.5 Å². The van der Waals surface area contributed by atoms with Crippen LogP contribution in [0.4, 0.5) is 24.5 Å². The molecule has 5 nitrogen and oxygen atoms in total. The fraction of sp³-hybridized carbons (Fsp3) is 0.350. The second-order valence-corrected chi connectivity index (χ2v) is 8.97. The summed E-state index contributed by atoms with van der Waals surface area (Å²) >= 11 is 0. The molecular weight excluding hydrogens is 405 g/mol. The number of benzene rings is 2. The molecule has 158 valence electrons. The Hall–Kier alpha value is -2.55. The number of hydrogen-bond acceptors (Lipinski definition) is 3. The van der Waals surface area contributed by atoms with Crippen molar-refractivity contribution in [2.75, 3.05) is 22.4 Å². The molecule has 29 heavy (non-hydrogen) atoms. The number of nitrogens with zero attached hydrogens (tertiary/aromatic N) is 1. The Labute approximate surface area is 168 Å². The zero-order valence-electron chi connectivity index (χ0n) is 16.5. The Morgan fingerprint density at radius 3 is 2.31 bits per heavy atom. The highest BCUT2D eigenvalue weighted by Crippen LogP contribution is 2.32. The normalized spacial score (nSPS) is 12.1. The highest BCUT2D eigenvalue weighted by atomic mass is 32.2. The summed E-state index contributed by atoms with van der Waals surface area (Å²) in [7, 11) is -4.00. The van der Waals surface area contributed by atoms with Crippen LogP contribution in [0.5, 0.6) is 0 Å². The number of carbonyl (C=O) groups is 1. The smallest absolute Gasteiger partial charge is 0.324 e. The van der Waals surface area contributed by atoms with Crippen molar-refractivity contribution in [1.82, 2.24) is 0 Å². The molecule has 0 aromatic heterocycles. The summed E-state index contributed by atoms with van der Waals surface area (Å²) in [5, 5.41) is 2.71. The number of para-hydroxylation sites is 1. The van der Waals surface area contributed by atoms with Gasteiger partial charge in [0.25, 0.3) is 0 Å². The summed E-state index contributed by atoms with van der Waals surface area (Å²) < 4.78 is 64.0. The first-order valence-electron chi connectivity index (χ1n) is 8.85. The Kier molecular flexibility index (Phi) is 6.62. The summed E-state index contributed by atoms with van der Waals surface area (Å²) in [6, 6.07) is 9.39. The van der Waals surface area contributed by atoms with Gasteiger partial charge in [-0.25, -0.2) is 8.42 Å². The van der Waals surface area contributed by atoms with Crippen molar-refractivity contribution in [2.45, 2.75) is 32.9 Å². The minimum atomic E-state index is -4.63. The Balaban J connectivity index is 2.35. The molecule has 1 N–H and O–H groups in total. The molecule has 0 aliphatic carbocycles. The van der Waals surface area contributed by atoms with Crippen molar-refractivity contribution in [2.24, 2.45) is 0 Å². The summed E-state index contributed by atoms with van der Waals surface area (Å²) in [4.78, 5) is 12.6. The van der Waals surface area contributed by atoms with Crippen LogP contribution in [0.3, 0.4) is 0 Å². The van der Waals surface area contributed by atoms with Gasteiger partial charge in [-0.05, 0) is 42.2 Å². The number of halogens is 3. The summed E-state index contributed by atoms with van der Waals surface area (Å²) in [6.07, 6.45) is -3.79. The van der Waals surface area contributed by atoms with E-state index in [2.05, 4.69) is 5.32 Å². The van der Waals surface area contributed by atoms with Crippen molar-refractivity contribution in [3.05, 3.63) is 59.2 Å². The van der Waals surface area contributed by atoms with Crippen LogP contribution in [0.2, 0.25) is 0 Å². The lowest BCUT2D eigenvalue weighted by Crippen LogP contribution is -2.37. The number of anilines is 2. The zero-order chi connectivity index (χ0) is 22.0. The minimum Gasteiger partial charge on any atom is -0.324 e. The van der Waals surface area contributed by atoms with Gasteiger partial charge in [0.05, 0.1) is 17.5 Å². The van der Waals surface area contributed by atoms with Crippen LogP contribution in [-0.4, -0.2) is 27.1 Å². The van der Waals surface area contributed by atoms with Gasteiger partial charge in [-0.15, -0.1) is 0 Å². The molecule has 0 saturated heterocycles. The summed E-state index contributed by atoms with van der Waals surface area (Å²) in [5.74, 6) is -0.538. The third-order valence-corrected chi connectivity index (χ3v) is 5.48. The molecule has 0 unspecified atom stereocenters. The minimum absolute atomic E-state index is 0.111. The van der Waals surface area contributed by atoms with Crippen molar-refractivity contribution in [3.63, 3.8) is 0 Å². The average molecular weight is 428 g/mol. The summed E-state index contributed by atoms with van der Waals surface area (Å²) in [6.45, 7) is 5.07. The molecule has 9 heteroatoms. The number of hydrogen-bond donors (Lipinski definition) is 1. The van der Waals surface area contributed by atoms with E-state index in [0.29, 0.717) is 16.1 Å². The van der Waals surface area contributed by atoms with Gasteiger partial charge in [-0.3, -0.25) is 9.10 Å². The lowest BCUT2D eigenvalue weighted by atomic mass is 9.98. The number of aryl methyl sites for hydroxylation is 1. The molecule has 0 spiro atoms. The van der Waals surface area contributed by atoms with Crippen LogP contribution in [0.25, 0.3) is 0 Å². The molecule has 0 fully saturated rings. The molecule has 2 aromatic carbocycles. The quantitative estimate of drug-likeness (QED) is 0.735. The van der Waals surface area contributed by atoms with Gasteiger partial charge in [0.2, 0.25) is 15.9 Å². The average Bonchev–Trinajstić information content (AvgIpc) is 2.59. The number of carbonyl (C=O) groups excluding carboxylic acids is 1. The van der Waals surface area contributed by atoms with E-state index in [0.717, 1.165) is 29.5 Å². The van der Waals surface area contributed by atoms with Crippen molar-refractivity contribution in [1.29, 1.82) is 0 Å². The molecule has 0 aliphatic heterocycles. The number of rotatable bonds is 6. The Morgan fingerprint density at radius 2 is 1.76 bits per heavy atom. The van der Waals surface area contributed by atoms with Crippen molar-refractivity contribution < 1.29 is 26.4 Å². The second kappa shape index (κ2) is 8.44. The van der Waals surface area contributed by atoms with E-state index in [1.807, 2.05) is 39.0 Å². The Morgan fingerprint density at radius 1 is 1.14 bits per heavy atom. The van der Waals surface area contributed by atoms with Crippen molar-refractivity contribution in [3.8, 4) is 0 Å². The van der Waals surface area contributed by atoms with E-state index in [-0.39, 0.29) is 11.6 Å². The molecular formula is C20H23F3N2O3S. The van der Waals surface area contributed by atoms with E-state index >= 15 is 0 Å². The number of alkyl halides is 3. The topological polar surface area (TPSA) is 66.5 Å². The van der Waals surface area contributed by atoms with E-state index in [1.54, 1.807) is 0 Å². The maximum Gasteiger partial charge on any atom is 0.416 e. The van der Waals surface area contributed by atoms with Gasteiger partial charge in [0.15, 0.2) is 0 Å². The van der Waals surface area contributed by atoms with Gasteiger partial charge in [0, 0.05) is 5.69 Å². The third kappa shape index (κ3) is 5.72. The number of amides is 1. The fourth-order valence-electron chi connectivity index (χ4n) is 2.89.